The number of hydrogen-bond donors (Lipinski definition) is 0. The number of ether oxygens (including phenoxy) is 1. The highest BCUT2D eigenvalue weighted by atomic mass is 19.1. The van der Waals surface area contributed by atoms with E-state index in [1.165, 1.54) is 19.2 Å². The smallest absolute Gasteiger partial charge is 0.254 e. The van der Waals surface area contributed by atoms with Crippen LogP contribution in [0.3, 0.4) is 0 Å². The highest BCUT2D eigenvalue weighted by Gasteiger charge is 2.47. The van der Waals surface area contributed by atoms with Crippen molar-refractivity contribution in [3.8, 4) is 5.75 Å². The zero-order chi connectivity index (χ0) is 19.4. The Balaban J connectivity index is 1.34. The highest BCUT2D eigenvalue weighted by molar-refractivity contribution is 5.95. The largest absolute Gasteiger partial charge is 0.494 e. The fourth-order valence-corrected chi connectivity index (χ4v) is 4.13. The highest BCUT2D eigenvalue weighted by Crippen LogP contribution is 2.35. The van der Waals surface area contributed by atoms with Gasteiger partial charge in [-0.15, -0.1) is 15.3 Å². The molecule has 3 aromatic rings. The Bertz CT molecular complexity index is 1070. The van der Waals surface area contributed by atoms with E-state index in [1.54, 1.807) is 10.6 Å². The van der Waals surface area contributed by atoms with Gasteiger partial charge in [0.2, 0.25) is 0 Å². The number of carbonyl (C=O) groups is 1. The molecule has 3 saturated heterocycles. The van der Waals surface area contributed by atoms with Gasteiger partial charge in [-0.3, -0.25) is 4.79 Å². The molecule has 0 aliphatic carbocycles. The van der Waals surface area contributed by atoms with Crippen LogP contribution in [-0.2, 0) is 0 Å². The first-order valence-electron chi connectivity index (χ1n) is 9.15. The molecule has 2 atom stereocenters. The fraction of sp³-hybridized carbons (Fsp3) is 0.368. The molecule has 3 aliphatic heterocycles. The number of rotatable bonds is 3. The Morgan fingerprint density at radius 3 is 2.68 bits per heavy atom. The number of nitrogens with zero attached hydrogens (tertiary/aromatic N) is 6. The van der Waals surface area contributed by atoms with Gasteiger partial charge in [0.25, 0.3) is 5.91 Å². The first-order chi connectivity index (χ1) is 13.5. The predicted molar refractivity (Wildman–Crippen MR) is 99.0 cm³/mol. The maximum Gasteiger partial charge on any atom is 0.254 e. The molecular weight excluding hydrogens is 363 g/mol. The van der Waals surface area contributed by atoms with Gasteiger partial charge >= 0.3 is 0 Å². The second-order valence-corrected chi connectivity index (χ2v) is 7.22. The molecule has 1 amide bonds. The lowest BCUT2D eigenvalue weighted by atomic mass is 9.86. The Kier molecular flexibility index (Phi) is 3.71. The maximum atomic E-state index is 14.0. The molecule has 144 valence electrons. The number of fused-ring (bicyclic) bond motifs is 3. The summed E-state index contributed by atoms with van der Waals surface area (Å²) in [6.45, 7) is 3.25. The van der Waals surface area contributed by atoms with Crippen LogP contribution in [-0.4, -0.2) is 62.9 Å². The van der Waals surface area contributed by atoms with Gasteiger partial charge in [-0.1, -0.05) is 0 Å². The Labute approximate surface area is 160 Å². The van der Waals surface area contributed by atoms with Crippen LogP contribution in [0.5, 0.6) is 5.75 Å². The Morgan fingerprint density at radius 1 is 1.18 bits per heavy atom. The number of halogens is 1. The minimum atomic E-state index is -0.525. The zero-order valence-electron chi connectivity index (χ0n) is 15.5. The van der Waals surface area contributed by atoms with Crippen LogP contribution in [0, 0.1) is 12.7 Å². The van der Waals surface area contributed by atoms with Crippen LogP contribution in [0.2, 0.25) is 0 Å². The zero-order valence-corrected chi connectivity index (χ0v) is 15.5. The number of hydrogen-bond acceptors (Lipinski definition) is 6. The van der Waals surface area contributed by atoms with Crippen molar-refractivity contribution in [3.05, 3.63) is 47.5 Å². The maximum absolute atomic E-state index is 14.0. The van der Waals surface area contributed by atoms with E-state index in [0.29, 0.717) is 24.3 Å². The van der Waals surface area contributed by atoms with Crippen LogP contribution >= 0.6 is 0 Å². The normalized spacial score (nSPS) is 21.0. The van der Waals surface area contributed by atoms with Crippen LogP contribution < -0.4 is 9.64 Å². The summed E-state index contributed by atoms with van der Waals surface area (Å²) in [6, 6.07) is 8.36. The van der Waals surface area contributed by atoms with Gasteiger partial charge in [0, 0.05) is 18.7 Å². The topological polar surface area (TPSA) is 75.9 Å². The molecular formula is C19H19FN6O2. The molecule has 0 spiro atoms. The SMILES string of the molecule is COc1ccc(C(=O)N2C3CC2CN(c2ccc4nnc(C)n4n2)C3)cc1F. The molecule has 3 aliphatic rings. The Morgan fingerprint density at radius 2 is 1.96 bits per heavy atom. The lowest BCUT2D eigenvalue weighted by molar-refractivity contribution is 0.00568. The standard InChI is InChI=1S/C19H19FN6O2/c1-11-21-22-17-5-6-18(23-26(11)17)24-9-13-8-14(10-24)25(13)19(27)12-3-4-16(28-2)15(20)7-12/h3-7,13-14H,8-10H2,1-2H3. The van der Waals surface area contributed by atoms with Crippen LogP contribution in [0.25, 0.3) is 5.65 Å². The summed E-state index contributed by atoms with van der Waals surface area (Å²) >= 11 is 0. The number of piperidine rings is 1. The lowest BCUT2D eigenvalue weighted by Crippen LogP contribution is -2.70. The number of benzene rings is 1. The number of aryl methyl sites for hydroxylation is 1. The van der Waals surface area contributed by atoms with Crippen molar-refractivity contribution in [2.45, 2.75) is 25.4 Å². The van der Waals surface area contributed by atoms with Gasteiger partial charge in [0.05, 0.1) is 19.2 Å². The van der Waals surface area contributed by atoms with Gasteiger partial charge in [-0.25, -0.2) is 4.39 Å². The fourth-order valence-electron chi connectivity index (χ4n) is 4.13. The molecule has 0 radical (unpaired) electrons. The number of amides is 1. The van der Waals surface area contributed by atoms with Gasteiger partial charge in [0.15, 0.2) is 23.0 Å². The average Bonchev–Trinajstić information content (AvgIpc) is 3.08. The molecule has 28 heavy (non-hydrogen) atoms. The summed E-state index contributed by atoms with van der Waals surface area (Å²) in [7, 11) is 1.40. The van der Waals surface area contributed by atoms with E-state index < -0.39 is 5.82 Å². The van der Waals surface area contributed by atoms with E-state index in [-0.39, 0.29) is 23.7 Å². The molecule has 1 aromatic carbocycles. The number of anilines is 1. The van der Waals surface area contributed by atoms with Crippen molar-refractivity contribution < 1.29 is 13.9 Å². The molecule has 2 aromatic heterocycles. The van der Waals surface area contributed by atoms with Crippen LogP contribution in [0.15, 0.2) is 30.3 Å². The van der Waals surface area contributed by atoms with E-state index in [0.717, 1.165) is 18.1 Å². The van der Waals surface area contributed by atoms with E-state index in [4.69, 9.17) is 4.74 Å². The molecule has 5 heterocycles. The molecule has 2 bridgehead atoms. The van der Waals surface area contributed by atoms with Gasteiger partial charge in [0.1, 0.15) is 5.82 Å². The lowest BCUT2D eigenvalue weighted by Gasteiger charge is -2.56. The molecule has 0 N–H and O–H groups in total. The van der Waals surface area contributed by atoms with Crippen molar-refractivity contribution in [2.24, 2.45) is 0 Å². The summed E-state index contributed by atoms with van der Waals surface area (Å²) in [5.74, 6) is 1.05. The van der Waals surface area contributed by atoms with E-state index in [1.807, 2.05) is 24.0 Å². The summed E-state index contributed by atoms with van der Waals surface area (Å²) in [5.41, 5.74) is 1.06. The third kappa shape index (κ3) is 2.49. The molecule has 0 saturated carbocycles. The van der Waals surface area contributed by atoms with E-state index in [2.05, 4.69) is 20.2 Å². The number of aromatic nitrogens is 4. The second kappa shape index (κ2) is 6.15. The van der Waals surface area contributed by atoms with Gasteiger partial charge in [-0.2, -0.15) is 4.52 Å². The van der Waals surface area contributed by atoms with Crippen molar-refractivity contribution in [1.82, 2.24) is 24.7 Å². The summed E-state index contributed by atoms with van der Waals surface area (Å²) in [4.78, 5) is 16.9. The van der Waals surface area contributed by atoms with Gasteiger partial charge in [-0.05, 0) is 43.7 Å². The third-order valence-corrected chi connectivity index (χ3v) is 5.56. The minimum absolute atomic E-state index is 0.0934. The quantitative estimate of drug-likeness (QED) is 0.686. The van der Waals surface area contributed by atoms with Crippen molar-refractivity contribution >= 4 is 17.4 Å². The van der Waals surface area contributed by atoms with Crippen LogP contribution in [0.1, 0.15) is 22.6 Å². The molecule has 3 fully saturated rings. The van der Waals surface area contributed by atoms with Crippen LogP contribution in [0.4, 0.5) is 10.2 Å². The van der Waals surface area contributed by atoms with Crippen molar-refractivity contribution in [3.63, 3.8) is 0 Å². The molecule has 6 rings (SSSR count). The number of piperazine rings is 1. The monoisotopic (exact) mass is 382 g/mol. The van der Waals surface area contributed by atoms with Gasteiger partial charge < -0.3 is 14.5 Å². The number of carbonyl (C=O) groups excluding carboxylic acids is 1. The van der Waals surface area contributed by atoms with Crippen molar-refractivity contribution in [1.29, 1.82) is 0 Å². The minimum Gasteiger partial charge on any atom is -0.494 e. The molecule has 2 unspecified atom stereocenters. The number of methoxy groups -OCH3 is 1. The van der Waals surface area contributed by atoms with E-state index in [9.17, 15) is 9.18 Å². The van der Waals surface area contributed by atoms with Crippen molar-refractivity contribution in [2.75, 3.05) is 25.1 Å². The molecule has 8 nitrogen and oxygen atoms in total. The Hall–Kier alpha value is -3.23. The summed E-state index contributed by atoms with van der Waals surface area (Å²) in [6.07, 6.45) is 0.953. The average molecular weight is 382 g/mol. The second-order valence-electron chi connectivity index (χ2n) is 7.22. The first kappa shape index (κ1) is 16.9. The van der Waals surface area contributed by atoms with E-state index >= 15 is 0 Å². The molecule has 9 heteroatoms. The summed E-state index contributed by atoms with van der Waals surface area (Å²) < 4.78 is 20.6. The first-order valence-corrected chi connectivity index (χ1v) is 9.15. The predicted octanol–water partition coefficient (Wildman–Crippen LogP) is 1.68. The third-order valence-electron chi connectivity index (χ3n) is 5.56. The summed E-state index contributed by atoms with van der Waals surface area (Å²) in [5, 5.41) is 12.7.